The molecule has 0 aliphatic carbocycles. The van der Waals surface area contributed by atoms with Crippen LogP contribution in [0.1, 0.15) is 46.0 Å². The Morgan fingerprint density at radius 1 is 1.41 bits per heavy atom. The molecule has 3 heteroatoms. The molecule has 2 aliphatic heterocycles. The van der Waals surface area contributed by atoms with Gasteiger partial charge in [-0.1, -0.05) is 13.3 Å². The lowest BCUT2D eigenvalue weighted by atomic mass is 9.80. The lowest BCUT2D eigenvalue weighted by Gasteiger charge is -2.40. The van der Waals surface area contributed by atoms with Gasteiger partial charge in [0.2, 0.25) is 5.91 Å². The van der Waals surface area contributed by atoms with Crippen LogP contribution in [0.3, 0.4) is 0 Å². The van der Waals surface area contributed by atoms with Crippen LogP contribution in [0, 0.1) is 11.3 Å². The second kappa shape index (κ2) is 5.38. The average molecular weight is 238 g/mol. The molecule has 2 fully saturated rings. The highest BCUT2D eigenvalue weighted by Gasteiger charge is 2.38. The van der Waals surface area contributed by atoms with Gasteiger partial charge >= 0.3 is 0 Å². The highest BCUT2D eigenvalue weighted by Crippen LogP contribution is 2.30. The van der Waals surface area contributed by atoms with Crippen LogP contribution in [-0.2, 0) is 4.79 Å². The third kappa shape index (κ3) is 2.82. The van der Waals surface area contributed by atoms with Crippen molar-refractivity contribution >= 4 is 5.91 Å². The van der Waals surface area contributed by atoms with Gasteiger partial charge in [0.15, 0.2) is 0 Å². The molecule has 1 unspecified atom stereocenters. The third-order valence-corrected chi connectivity index (χ3v) is 4.59. The summed E-state index contributed by atoms with van der Waals surface area (Å²) < 4.78 is 0. The Kier molecular flexibility index (Phi) is 4.08. The second-order valence-electron chi connectivity index (χ2n) is 5.98. The molecule has 98 valence electrons. The van der Waals surface area contributed by atoms with Crippen LogP contribution in [0.4, 0.5) is 0 Å². The number of amides is 1. The summed E-state index contributed by atoms with van der Waals surface area (Å²) in [6.45, 7) is 8.28. The van der Waals surface area contributed by atoms with Crippen molar-refractivity contribution < 1.29 is 4.79 Å². The van der Waals surface area contributed by atoms with Gasteiger partial charge in [0.05, 0.1) is 5.41 Å². The number of carbonyl (C=O) groups excluding carboxylic acids is 1. The number of carbonyl (C=O) groups is 1. The molecule has 2 aliphatic rings. The third-order valence-electron chi connectivity index (χ3n) is 4.59. The number of hydrogen-bond donors (Lipinski definition) is 1. The summed E-state index contributed by atoms with van der Waals surface area (Å²) in [5, 5.41) is 3.37. The van der Waals surface area contributed by atoms with Crippen molar-refractivity contribution in [3.63, 3.8) is 0 Å². The van der Waals surface area contributed by atoms with Crippen molar-refractivity contribution in [2.75, 3.05) is 26.2 Å². The fourth-order valence-corrected chi connectivity index (χ4v) is 3.16. The second-order valence-corrected chi connectivity index (χ2v) is 5.98. The quantitative estimate of drug-likeness (QED) is 0.798. The molecule has 0 saturated carbocycles. The van der Waals surface area contributed by atoms with Crippen molar-refractivity contribution in [1.82, 2.24) is 10.2 Å². The fraction of sp³-hybridized carbons (Fsp3) is 0.929. The van der Waals surface area contributed by atoms with Crippen molar-refractivity contribution in [2.45, 2.75) is 46.0 Å². The molecule has 0 aromatic rings. The summed E-state index contributed by atoms with van der Waals surface area (Å²) in [6, 6.07) is 0. The normalized spacial score (nSPS) is 31.5. The first kappa shape index (κ1) is 12.9. The molecular weight excluding hydrogens is 212 g/mol. The fourth-order valence-electron chi connectivity index (χ4n) is 3.16. The smallest absolute Gasteiger partial charge is 0.229 e. The molecular formula is C14H26N2O. The summed E-state index contributed by atoms with van der Waals surface area (Å²) in [5.74, 6) is 1.23. The number of piperidine rings is 2. The molecule has 2 saturated heterocycles. The Labute approximate surface area is 105 Å². The molecule has 2 heterocycles. The van der Waals surface area contributed by atoms with Crippen LogP contribution in [0.25, 0.3) is 0 Å². The maximum Gasteiger partial charge on any atom is 0.229 e. The van der Waals surface area contributed by atoms with Gasteiger partial charge < -0.3 is 10.2 Å². The molecule has 0 bridgehead atoms. The van der Waals surface area contributed by atoms with E-state index in [-0.39, 0.29) is 5.41 Å². The van der Waals surface area contributed by atoms with Gasteiger partial charge in [0, 0.05) is 19.6 Å². The number of nitrogens with zero attached hydrogens (tertiary/aromatic N) is 1. The standard InChI is InChI=1S/C14H26N2O/c1-3-12-5-9-16(10-6-12)13(17)14(2)7-4-8-15-11-14/h12,15H,3-11H2,1-2H3. The summed E-state index contributed by atoms with van der Waals surface area (Å²) in [5.41, 5.74) is -0.142. The Balaban J connectivity index is 1.91. The van der Waals surface area contributed by atoms with E-state index in [9.17, 15) is 4.79 Å². The van der Waals surface area contributed by atoms with Gasteiger partial charge in [0.1, 0.15) is 0 Å². The first-order valence-electron chi connectivity index (χ1n) is 7.16. The zero-order valence-corrected chi connectivity index (χ0v) is 11.3. The molecule has 1 amide bonds. The van der Waals surface area contributed by atoms with Crippen LogP contribution in [-0.4, -0.2) is 37.0 Å². The minimum atomic E-state index is -0.142. The first-order chi connectivity index (χ1) is 8.15. The zero-order chi connectivity index (χ0) is 12.3. The molecule has 0 aromatic carbocycles. The molecule has 3 nitrogen and oxygen atoms in total. The Morgan fingerprint density at radius 3 is 2.65 bits per heavy atom. The summed E-state index contributed by atoms with van der Waals surface area (Å²) in [7, 11) is 0. The maximum atomic E-state index is 12.6. The Hall–Kier alpha value is -0.570. The van der Waals surface area contributed by atoms with Crippen LogP contribution >= 0.6 is 0 Å². The Bertz CT molecular complexity index is 263. The van der Waals surface area contributed by atoms with Crippen molar-refractivity contribution in [1.29, 1.82) is 0 Å². The molecule has 1 atom stereocenters. The van der Waals surface area contributed by atoms with Crippen LogP contribution < -0.4 is 5.32 Å². The van der Waals surface area contributed by atoms with E-state index in [1.165, 1.54) is 19.3 Å². The van der Waals surface area contributed by atoms with E-state index >= 15 is 0 Å². The largest absolute Gasteiger partial charge is 0.342 e. The Morgan fingerprint density at radius 2 is 2.12 bits per heavy atom. The van der Waals surface area contributed by atoms with Gasteiger partial charge in [-0.15, -0.1) is 0 Å². The van der Waals surface area contributed by atoms with Crippen molar-refractivity contribution in [3.05, 3.63) is 0 Å². The average Bonchev–Trinajstić information content (AvgIpc) is 2.39. The zero-order valence-electron chi connectivity index (χ0n) is 11.3. The molecule has 0 spiro atoms. The van der Waals surface area contributed by atoms with E-state index in [0.717, 1.165) is 44.9 Å². The van der Waals surface area contributed by atoms with E-state index in [0.29, 0.717) is 5.91 Å². The summed E-state index contributed by atoms with van der Waals surface area (Å²) in [4.78, 5) is 14.7. The minimum Gasteiger partial charge on any atom is -0.342 e. The highest BCUT2D eigenvalue weighted by atomic mass is 16.2. The van der Waals surface area contributed by atoms with Gasteiger partial charge in [-0.05, 0) is 45.1 Å². The lowest BCUT2D eigenvalue weighted by molar-refractivity contribution is -0.143. The number of hydrogen-bond acceptors (Lipinski definition) is 2. The van der Waals surface area contributed by atoms with Crippen molar-refractivity contribution in [3.8, 4) is 0 Å². The predicted molar refractivity (Wildman–Crippen MR) is 69.8 cm³/mol. The SMILES string of the molecule is CCC1CCN(C(=O)C2(C)CCCNC2)CC1. The van der Waals surface area contributed by atoms with Gasteiger partial charge in [-0.3, -0.25) is 4.79 Å². The van der Waals surface area contributed by atoms with Crippen molar-refractivity contribution in [2.24, 2.45) is 11.3 Å². The molecule has 0 aromatic heterocycles. The molecule has 2 rings (SSSR count). The van der Waals surface area contributed by atoms with E-state index < -0.39 is 0 Å². The van der Waals surface area contributed by atoms with E-state index in [2.05, 4.69) is 24.1 Å². The van der Waals surface area contributed by atoms with Gasteiger partial charge in [-0.2, -0.15) is 0 Å². The molecule has 17 heavy (non-hydrogen) atoms. The van der Waals surface area contributed by atoms with Gasteiger partial charge in [0.25, 0.3) is 0 Å². The summed E-state index contributed by atoms with van der Waals surface area (Å²) >= 11 is 0. The van der Waals surface area contributed by atoms with E-state index in [1.54, 1.807) is 0 Å². The predicted octanol–water partition coefficient (Wildman–Crippen LogP) is 2.02. The first-order valence-corrected chi connectivity index (χ1v) is 7.16. The van der Waals surface area contributed by atoms with E-state index in [1.807, 2.05) is 0 Å². The molecule has 0 radical (unpaired) electrons. The van der Waals surface area contributed by atoms with Crippen LogP contribution in [0.5, 0.6) is 0 Å². The number of nitrogens with one attached hydrogen (secondary N) is 1. The lowest BCUT2D eigenvalue weighted by Crippen LogP contribution is -2.52. The van der Waals surface area contributed by atoms with Crippen LogP contribution in [0.15, 0.2) is 0 Å². The van der Waals surface area contributed by atoms with Gasteiger partial charge in [-0.25, -0.2) is 0 Å². The number of likely N-dealkylation sites (tertiary alicyclic amines) is 1. The molecule has 1 N–H and O–H groups in total. The minimum absolute atomic E-state index is 0.142. The maximum absolute atomic E-state index is 12.6. The van der Waals surface area contributed by atoms with E-state index in [4.69, 9.17) is 0 Å². The monoisotopic (exact) mass is 238 g/mol. The van der Waals surface area contributed by atoms with Crippen LogP contribution in [0.2, 0.25) is 0 Å². The highest BCUT2D eigenvalue weighted by molar-refractivity contribution is 5.82. The number of rotatable bonds is 2. The topological polar surface area (TPSA) is 32.3 Å². The summed E-state index contributed by atoms with van der Waals surface area (Å²) in [6.07, 6.45) is 5.85.